The number of hydrogen-bond acceptors (Lipinski definition) is 4. The molecule has 0 N–H and O–H groups in total. The van der Waals surface area contributed by atoms with Gasteiger partial charge in [0.25, 0.3) is 0 Å². The minimum absolute atomic E-state index is 0.0563. The first-order valence-electron chi connectivity index (χ1n) is 8.76. The second kappa shape index (κ2) is 11.5. The molecule has 0 saturated carbocycles. The second-order valence-electron chi connectivity index (χ2n) is 5.90. The molecule has 4 nitrogen and oxygen atoms in total. The summed E-state index contributed by atoms with van der Waals surface area (Å²) in [4.78, 5) is 11.6. The van der Waals surface area contributed by atoms with Gasteiger partial charge in [-0.1, -0.05) is 51.9 Å². The van der Waals surface area contributed by atoms with Crippen molar-refractivity contribution in [1.29, 1.82) is 0 Å². The van der Waals surface area contributed by atoms with E-state index in [-0.39, 0.29) is 18.0 Å². The highest BCUT2D eigenvalue weighted by molar-refractivity contribution is 5.82. The lowest BCUT2D eigenvalue weighted by Crippen LogP contribution is -2.20. The number of ether oxygens (including phenoxy) is 3. The van der Waals surface area contributed by atoms with Crippen LogP contribution in [0.5, 0.6) is 0 Å². The highest BCUT2D eigenvalue weighted by atomic mass is 16.5. The molecule has 1 heterocycles. The van der Waals surface area contributed by atoms with Gasteiger partial charge in [-0.25, -0.2) is 4.79 Å². The predicted octanol–water partition coefficient (Wildman–Crippen LogP) is 4.24. The smallest absolute Gasteiger partial charge is 0.334 e. The number of carbonyl (C=O) groups excluding carboxylic acids is 1. The molecule has 0 unspecified atom stereocenters. The summed E-state index contributed by atoms with van der Waals surface area (Å²) < 4.78 is 16.1. The quantitative estimate of drug-likeness (QED) is 0.325. The van der Waals surface area contributed by atoms with Gasteiger partial charge in [-0.2, -0.15) is 0 Å². The highest BCUT2D eigenvalue weighted by Gasteiger charge is 2.33. The molecule has 128 valence electrons. The summed E-state index contributed by atoms with van der Waals surface area (Å²) in [7, 11) is 1.71. The molecule has 2 atom stereocenters. The van der Waals surface area contributed by atoms with E-state index in [9.17, 15) is 4.79 Å². The van der Waals surface area contributed by atoms with Gasteiger partial charge in [0.1, 0.15) is 18.5 Å². The Morgan fingerprint density at radius 2 is 1.86 bits per heavy atom. The SMILES string of the molecule is CCCCCCCCC[C@@H]1/C(=C\C(=O)OCC)OC[C@H]1OC. The minimum Gasteiger partial charge on any atom is -0.495 e. The molecule has 0 aromatic heterocycles. The lowest BCUT2D eigenvalue weighted by atomic mass is 9.94. The monoisotopic (exact) mass is 312 g/mol. The minimum atomic E-state index is -0.321. The molecule has 1 rings (SSSR count). The zero-order valence-corrected chi connectivity index (χ0v) is 14.4. The number of unbranched alkanes of at least 4 members (excludes halogenated alkanes) is 6. The van der Waals surface area contributed by atoms with Crippen molar-refractivity contribution >= 4 is 5.97 Å². The van der Waals surface area contributed by atoms with Gasteiger partial charge in [0.15, 0.2) is 0 Å². The van der Waals surface area contributed by atoms with E-state index < -0.39 is 0 Å². The first kappa shape index (κ1) is 19.0. The van der Waals surface area contributed by atoms with E-state index in [0.717, 1.165) is 18.6 Å². The van der Waals surface area contributed by atoms with Crippen molar-refractivity contribution < 1.29 is 19.0 Å². The summed E-state index contributed by atoms with van der Waals surface area (Å²) in [5.74, 6) is 0.597. The molecule has 0 spiro atoms. The first-order chi connectivity index (χ1) is 10.7. The Morgan fingerprint density at radius 3 is 2.50 bits per heavy atom. The largest absolute Gasteiger partial charge is 0.495 e. The van der Waals surface area contributed by atoms with Crippen LogP contribution in [0.25, 0.3) is 0 Å². The molecule has 0 aromatic rings. The third-order valence-corrected chi connectivity index (χ3v) is 4.20. The van der Waals surface area contributed by atoms with Crippen molar-refractivity contribution in [3.63, 3.8) is 0 Å². The lowest BCUT2D eigenvalue weighted by Gasteiger charge is -2.15. The molecule has 1 saturated heterocycles. The number of rotatable bonds is 11. The van der Waals surface area contributed by atoms with Gasteiger partial charge in [-0.05, 0) is 13.3 Å². The van der Waals surface area contributed by atoms with Crippen molar-refractivity contribution in [2.24, 2.45) is 5.92 Å². The molecule has 1 aliphatic rings. The van der Waals surface area contributed by atoms with Crippen LogP contribution < -0.4 is 0 Å². The molecular weight excluding hydrogens is 280 g/mol. The third kappa shape index (κ3) is 6.82. The van der Waals surface area contributed by atoms with Crippen LogP contribution in [-0.4, -0.2) is 32.4 Å². The average molecular weight is 312 g/mol. The zero-order valence-electron chi connectivity index (χ0n) is 14.4. The van der Waals surface area contributed by atoms with Crippen LogP contribution in [0.15, 0.2) is 11.8 Å². The van der Waals surface area contributed by atoms with Gasteiger partial charge >= 0.3 is 5.97 Å². The number of carbonyl (C=O) groups is 1. The van der Waals surface area contributed by atoms with Crippen LogP contribution in [0.3, 0.4) is 0 Å². The number of methoxy groups -OCH3 is 1. The molecule has 22 heavy (non-hydrogen) atoms. The van der Waals surface area contributed by atoms with Gasteiger partial charge < -0.3 is 14.2 Å². The molecule has 1 fully saturated rings. The van der Waals surface area contributed by atoms with Crippen LogP contribution >= 0.6 is 0 Å². The lowest BCUT2D eigenvalue weighted by molar-refractivity contribution is -0.137. The van der Waals surface area contributed by atoms with E-state index in [1.807, 2.05) is 0 Å². The number of hydrogen-bond donors (Lipinski definition) is 0. The van der Waals surface area contributed by atoms with E-state index in [1.165, 1.54) is 44.6 Å². The Balaban J connectivity index is 2.36. The topological polar surface area (TPSA) is 44.8 Å². The van der Waals surface area contributed by atoms with Gasteiger partial charge in [-0.3, -0.25) is 0 Å². The van der Waals surface area contributed by atoms with Gasteiger partial charge in [0.2, 0.25) is 0 Å². The Labute approximate surface area is 135 Å². The van der Waals surface area contributed by atoms with E-state index in [4.69, 9.17) is 14.2 Å². The van der Waals surface area contributed by atoms with Gasteiger partial charge in [0, 0.05) is 13.0 Å². The van der Waals surface area contributed by atoms with Crippen LogP contribution in [0.2, 0.25) is 0 Å². The van der Waals surface area contributed by atoms with Crippen LogP contribution in [-0.2, 0) is 19.0 Å². The molecular formula is C18H32O4. The maximum atomic E-state index is 11.6. The summed E-state index contributed by atoms with van der Waals surface area (Å²) in [5.41, 5.74) is 0. The second-order valence-corrected chi connectivity index (χ2v) is 5.90. The highest BCUT2D eigenvalue weighted by Crippen LogP contribution is 2.31. The molecule has 0 radical (unpaired) electrons. The zero-order chi connectivity index (χ0) is 16.2. The molecule has 0 aliphatic carbocycles. The molecule has 4 heteroatoms. The van der Waals surface area contributed by atoms with Crippen molar-refractivity contribution in [3.8, 4) is 0 Å². The summed E-state index contributed by atoms with van der Waals surface area (Å²) >= 11 is 0. The Kier molecular flexibility index (Phi) is 9.96. The standard InChI is InChI=1S/C18H32O4/c1-4-6-7-8-9-10-11-12-15-16(13-18(19)21-5-2)22-14-17(15)20-3/h13,15,17H,4-12,14H2,1-3H3/b16-13+/t15-,17-/m1/s1. The van der Waals surface area contributed by atoms with Gasteiger partial charge in [-0.15, -0.1) is 0 Å². The van der Waals surface area contributed by atoms with E-state index >= 15 is 0 Å². The Hall–Kier alpha value is -1.03. The molecule has 1 aliphatic heterocycles. The van der Waals surface area contributed by atoms with Crippen LogP contribution in [0, 0.1) is 5.92 Å². The summed E-state index contributed by atoms with van der Waals surface area (Å²) in [6, 6.07) is 0. The summed E-state index contributed by atoms with van der Waals surface area (Å²) in [6.45, 7) is 4.96. The van der Waals surface area contributed by atoms with Crippen molar-refractivity contribution in [3.05, 3.63) is 11.8 Å². The van der Waals surface area contributed by atoms with Crippen molar-refractivity contribution in [1.82, 2.24) is 0 Å². The van der Waals surface area contributed by atoms with Crippen molar-refractivity contribution in [2.75, 3.05) is 20.3 Å². The fourth-order valence-electron chi connectivity index (χ4n) is 2.92. The summed E-state index contributed by atoms with van der Waals surface area (Å²) in [6.07, 6.45) is 11.6. The molecule has 0 aromatic carbocycles. The van der Waals surface area contributed by atoms with E-state index in [0.29, 0.717) is 13.2 Å². The third-order valence-electron chi connectivity index (χ3n) is 4.20. The maximum Gasteiger partial charge on any atom is 0.334 e. The summed E-state index contributed by atoms with van der Waals surface area (Å²) in [5, 5.41) is 0. The Morgan fingerprint density at radius 1 is 1.18 bits per heavy atom. The molecule has 0 amide bonds. The van der Waals surface area contributed by atoms with Crippen LogP contribution in [0.1, 0.15) is 65.2 Å². The number of esters is 1. The van der Waals surface area contributed by atoms with E-state index in [2.05, 4.69) is 6.92 Å². The van der Waals surface area contributed by atoms with Crippen molar-refractivity contribution in [2.45, 2.75) is 71.3 Å². The Bertz CT molecular complexity index is 338. The average Bonchev–Trinajstić information content (AvgIpc) is 2.88. The molecule has 0 bridgehead atoms. The van der Waals surface area contributed by atoms with Gasteiger partial charge in [0.05, 0.1) is 12.7 Å². The fourth-order valence-corrected chi connectivity index (χ4v) is 2.92. The van der Waals surface area contributed by atoms with E-state index in [1.54, 1.807) is 14.0 Å². The van der Waals surface area contributed by atoms with Crippen LogP contribution in [0.4, 0.5) is 0 Å². The fraction of sp³-hybridized carbons (Fsp3) is 0.833. The maximum absolute atomic E-state index is 11.6. The normalized spacial score (nSPS) is 22.8. The predicted molar refractivity (Wildman–Crippen MR) is 87.6 cm³/mol. The first-order valence-corrected chi connectivity index (χ1v) is 8.76.